The average Bonchev–Trinajstić information content (AvgIpc) is 2.39. The lowest BCUT2D eigenvalue weighted by atomic mass is 10.1. The minimum atomic E-state index is 0.138. The number of piperidine rings is 1. The SMILES string of the molecule is CCC(=O)NC1CCCN(c2cccc(C)n2)C1. The lowest BCUT2D eigenvalue weighted by Gasteiger charge is -2.34. The minimum absolute atomic E-state index is 0.138. The van der Waals surface area contributed by atoms with Gasteiger partial charge in [-0.1, -0.05) is 13.0 Å². The number of hydrogen-bond acceptors (Lipinski definition) is 3. The Morgan fingerprint density at radius 2 is 2.39 bits per heavy atom. The molecule has 1 fully saturated rings. The molecule has 1 aliphatic rings. The zero-order valence-corrected chi connectivity index (χ0v) is 11.1. The monoisotopic (exact) mass is 247 g/mol. The zero-order valence-electron chi connectivity index (χ0n) is 11.1. The van der Waals surface area contributed by atoms with Crippen LogP contribution in [0.4, 0.5) is 5.82 Å². The fourth-order valence-corrected chi connectivity index (χ4v) is 2.34. The number of aromatic nitrogens is 1. The number of rotatable bonds is 3. The number of nitrogens with one attached hydrogen (secondary N) is 1. The predicted octanol–water partition coefficient (Wildman–Crippen LogP) is 1.89. The zero-order chi connectivity index (χ0) is 13.0. The largest absolute Gasteiger partial charge is 0.355 e. The van der Waals surface area contributed by atoms with Crippen molar-refractivity contribution in [1.29, 1.82) is 0 Å². The number of carbonyl (C=O) groups excluding carboxylic acids is 1. The van der Waals surface area contributed by atoms with Gasteiger partial charge in [0, 0.05) is 31.2 Å². The van der Waals surface area contributed by atoms with Gasteiger partial charge in [0.05, 0.1) is 0 Å². The molecule has 4 nitrogen and oxygen atoms in total. The number of hydrogen-bond donors (Lipinski definition) is 1. The molecular weight excluding hydrogens is 226 g/mol. The molecule has 1 aromatic rings. The molecule has 1 N–H and O–H groups in total. The average molecular weight is 247 g/mol. The number of anilines is 1. The van der Waals surface area contributed by atoms with E-state index >= 15 is 0 Å². The number of pyridine rings is 1. The Morgan fingerprint density at radius 3 is 3.11 bits per heavy atom. The van der Waals surface area contributed by atoms with Crippen molar-refractivity contribution in [3.8, 4) is 0 Å². The fourth-order valence-electron chi connectivity index (χ4n) is 2.34. The molecule has 0 aliphatic carbocycles. The molecule has 1 unspecified atom stereocenters. The highest BCUT2D eigenvalue weighted by atomic mass is 16.1. The maximum Gasteiger partial charge on any atom is 0.219 e. The minimum Gasteiger partial charge on any atom is -0.355 e. The van der Waals surface area contributed by atoms with Crippen LogP contribution < -0.4 is 10.2 Å². The lowest BCUT2D eigenvalue weighted by Crippen LogP contribution is -2.47. The number of amides is 1. The van der Waals surface area contributed by atoms with Gasteiger partial charge in [-0.05, 0) is 31.9 Å². The first-order chi connectivity index (χ1) is 8.69. The highest BCUT2D eigenvalue weighted by Crippen LogP contribution is 2.18. The number of carbonyl (C=O) groups is 1. The van der Waals surface area contributed by atoms with E-state index in [1.54, 1.807) is 0 Å². The highest BCUT2D eigenvalue weighted by Gasteiger charge is 2.21. The maximum atomic E-state index is 11.4. The van der Waals surface area contributed by atoms with Crippen molar-refractivity contribution in [3.05, 3.63) is 23.9 Å². The molecule has 1 saturated heterocycles. The molecule has 1 aliphatic heterocycles. The van der Waals surface area contributed by atoms with Crippen LogP contribution in [0.2, 0.25) is 0 Å². The quantitative estimate of drug-likeness (QED) is 0.887. The summed E-state index contributed by atoms with van der Waals surface area (Å²) in [5, 5.41) is 3.07. The molecule has 0 saturated carbocycles. The van der Waals surface area contributed by atoms with Crippen LogP contribution in [0, 0.1) is 6.92 Å². The van der Waals surface area contributed by atoms with Crippen molar-refractivity contribution in [2.75, 3.05) is 18.0 Å². The smallest absolute Gasteiger partial charge is 0.219 e. The van der Waals surface area contributed by atoms with Gasteiger partial charge in [-0.25, -0.2) is 4.98 Å². The highest BCUT2D eigenvalue weighted by molar-refractivity contribution is 5.75. The molecule has 1 aromatic heterocycles. The summed E-state index contributed by atoms with van der Waals surface area (Å²) in [6.45, 7) is 5.78. The maximum absolute atomic E-state index is 11.4. The van der Waals surface area contributed by atoms with Crippen molar-refractivity contribution < 1.29 is 4.79 Å². The van der Waals surface area contributed by atoms with E-state index in [9.17, 15) is 4.79 Å². The molecule has 4 heteroatoms. The van der Waals surface area contributed by atoms with Gasteiger partial charge >= 0.3 is 0 Å². The molecule has 2 heterocycles. The Morgan fingerprint density at radius 1 is 1.56 bits per heavy atom. The second-order valence-electron chi connectivity index (χ2n) is 4.84. The van der Waals surface area contributed by atoms with E-state index in [1.807, 2.05) is 32.0 Å². The molecule has 1 atom stereocenters. The summed E-state index contributed by atoms with van der Waals surface area (Å²) in [6, 6.07) is 6.33. The Labute approximate surface area is 108 Å². The number of nitrogens with zero attached hydrogens (tertiary/aromatic N) is 2. The van der Waals surface area contributed by atoms with E-state index < -0.39 is 0 Å². The van der Waals surface area contributed by atoms with Crippen LogP contribution in [0.5, 0.6) is 0 Å². The lowest BCUT2D eigenvalue weighted by molar-refractivity contribution is -0.121. The Kier molecular flexibility index (Phi) is 4.18. The summed E-state index contributed by atoms with van der Waals surface area (Å²) in [4.78, 5) is 18.2. The second-order valence-corrected chi connectivity index (χ2v) is 4.84. The van der Waals surface area contributed by atoms with Gasteiger partial charge in [-0.15, -0.1) is 0 Å². The van der Waals surface area contributed by atoms with Gasteiger partial charge in [0.2, 0.25) is 5.91 Å². The third-order valence-corrected chi connectivity index (χ3v) is 3.31. The summed E-state index contributed by atoms with van der Waals surface area (Å²) in [5.74, 6) is 1.16. The summed E-state index contributed by atoms with van der Waals surface area (Å²) in [7, 11) is 0. The van der Waals surface area contributed by atoms with Crippen LogP contribution in [-0.4, -0.2) is 30.0 Å². The molecule has 0 spiro atoms. The van der Waals surface area contributed by atoms with Gasteiger partial charge in [0.15, 0.2) is 0 Å². The molecule has 0 bridgehead atoms. The third kappa shape index (κ3) is 3.22. The van der Waals surface area contributed by atoms with Crippen LogP contribution in [-0.2, 0) is 4.79 Å². The van der Waals surface area contributed by atoms with Crippen LogP contribution >= 0.6 is 0 Å². The molecule has 2 rings (SSSR count). The van der Waals surface area contributed by atoms with Crippen molar-refractivity contribution in [2.45, 2.75) is 39.2 Å². The molecule has 1 amide bonds. The predicted molar refractivity (Wildman–Crippen MR) is 72.6 cm³/mol. The van der Waals surface area contributed by atoms with Gasteiger partial charge < -0.3 is 10.2 Å². The van der Waals surface area contributed by atoms with Crippen molar-refractivity contribution >= 4 is 11.7 Å². The third-order valence-electron chi connectivity index (χ3n) is 3.31. The summed E-state index contributed by atoms with van der Waals surface area (Å²) in [5.41, 5.74) is 1.03. The first-order valence-electron chi connectivity index (χ1n) is 6.67. The molecular formula is C14H21N3O. The van der Waals surface area contributed by atoms with Crippen molar-refractivity contribution in [1.82, 2.24) is 10.3 Å². The Bertz CT molecular complexity index is 419. The van der Waals surface area contributed by atoms with Gasteiger partial charge in [0.25, 0.3) is 0 Å². The standard InChI is InChI=1S/C14H21N3O/c1-3-14(18)16-12-7-5-9-17(10-12)13-8-4-6-11(2)15-13/h4,6,8,12H,3,5,7,9-10H2,1-2H3,(H,16,18). The van der Waals surface area contributed by atoms with E-state index in [2.05, 4.69) is 15.2 Å². The molecule has 18 heavy (non-hydrogen) atoms. The number of aryl methyl sites for hydroxylation is 1. The van der Waals surface area contributed by atoms with Gasteiger partial charge in [-0.3, -0.25) is 4.79 Å². The Hall–Kier alpha value is -1.58. The first kappa shape index (κ1) is 12.9. The van der Waals surface area contributed by atoms with Gasteiger partial charge in [0.1, 0.15) is 5.82 Å². The van der Waals surface area contributed by atoms with E-state index in [0.29, 0.717) is 6.42 Å². The summed E-state index contributed by atoms with van der Waals surface area (Å²) < 4.78 is 0. The first-order valence-corrected chi connectivity index (χ1v) is 6.67. The van der Waals surface area contributed by atoms with E-state index in [1.165, 1.54) is 0 Å². The summed E-state index contributed by atoms with van der Waals surface area (Å²) >= 11 is 0. The van der Waals surface area contributed by atoms with E-state index in [4.69, 9.17) is 0 Å². The topological polar surface area (TPSA) is 45.2 Å². The normalized spacial score (nSPS) is 19.7. The fraction of sp³-hybridized carbons (Fsp3) is 0.571. The van der Waals surface area contributed by atoms with E-state index in [-0.39, 0.29) is 11.9 Å². The summed E-state index contributed by atoms with van der Waals surface area (Å²) in [6.07, 6.45) is 2.72. The van der Waals surface area contributed by atoms with Crippen LogP contribution in [0.15, 0.2) is 18.2 Å². The molecule has 98 valence electrons. The van der Waals surface area contributed by atoms with Crippen LogP contribution in [0.3, 0.4) is 0 Å². The van der Waals surface area contributed by atoms with Crippen LogP contribution in [0.1, 0.15) is 31.9 Å². The van der Waals surface area contributed by atoms with E-state index in [0.717, 1.165) is 37.4 Å². The molecule has 0 aromatic carbocycles. The van der Waals surface area contributed by atoms with Crippen LogP contribution in [0.25, 0.3) is 0 Å². The second kappa shape index (κ2) is 5.85. The molecule has 0 radical (unpaired) electrons. The Balaban J connectivity index is 2.00. The van der Waals surface area contributed by atoms with Crippen molar-refractivity contribution in [2.24, 2.45) is 0 Å². The van der Waals surface area contributed by atoms with Crippen molar-refractivity contribution in [3.63, 3.8) is 0 Å². The van der Waals surface area contributed by atoms with Gasteiger partial charge in [-0.2, -0.15) is 0 Å².